The topological polar surface area (TPSA) is 67.9 Å². The van der Waals surface area contributed by atoms with Gasteiger partial charge in [0.1, 0.15) is 0 Å². The van der Waals surface area contributed by atoms with Crippen molar-refractivity contribution < 1.29 is 4.92 Å². The summed E-state index contributed by atoms with van der Waals surface area (Å²) < 4.78 is 0. The van der Waals surface area contributed by atoms with Crippen molar-refractivity contribution in [3.05, 3.63) is 39.9 Å². The average Bonchev–Trinajstić information content (AvgIpc) is 2.87. The summed E-state index contributed by atoms with van der Waals surface area (Å²) >= 11 is 0. The van der Waals surface area contributed by atoms with Gasteiger partial charge in [-0.3, -0.25) is 10.1 Å². The van der Waals surface area contributed by atoms with Gasteiger partial charge in [-0.25, -0.2) is 0 Å². The number of hydrogen-bond donors (Lipinski definition) is 0. The Kier molecular flexibility index (Phi) is 1.36. The molecule has 5 nitrogen and oxygen atoms in total. The van der Waals surface area contributed by atoms with Crippen LogP contribution in [-0.4, -0.2) is 4.92 Å². The predicted octanol–water partition coefficient (Wildman–Crippen LogP) is 2.06. The van der Waals surface area contributed by atoms with Gasteiger partial charge in [0.05, 0.1) is 4.92 Å². The third kappa shape index (κ3) is 1.16. The van der Waals surface area contributed by atoms with E-state index in [-0.39, 0.29) is 11.9 Å². The smallest absolute Gasteiger partial charge is 0.258 e. The van der Waals surface area contributed by atoms with Crippen LogP contribution in [0.5, 0.6) is 0 Å². The Morgan fingerprint density at radius 3 is 2.25 bits per heavy atom. The first-order valence-corrected chi connectivity index (χ1v) is 3.42. The molecule has 0 unspecified atom stereocenters. The Morgan fingerprint density at radius 1 is 1.25 bits per heavy atom. The molecule has 0 fully saturated rings. The van der Waals surface area contributed by atoms with Crippen molar-refractivity contribution in [2.45, 2.75) is 6.17 Å². The molecule has 1 aliphatic heterocycles. The molecule has 0 N–H and O–H groups in total. The van der Waals surface area contributed by atoms with Crippen LogP contribution in [0, 0.1) is 10.1 Å². The molecule has 0 saturated carbocycles. The first-order chi connectivity index (χ1) is 5.77. The number of nitro groups is 1. The van der Waals surface area contributed by atoms with Crippen LogP contribution in [0.1, 0.15) is 11.7 Å². The van der Waals surface area contributed by atoms with Gasteiger partial charge in [-0.1, -0.05) is 0 Å². The third-order valence-corrected chi connectivity index (χ3v) is 1.63. The zero-order valence-corrected chi connectivity index (χ0v) is 6.04. The number of non-ortho nitro benzene ring substituents is 1. The number of benzene rings is 1. The highest BCUT2D eigenvalue weighted by Crippen LogP contribution is 2.31. The fourth-order valence-corrected chi connectivity index (χ4v) is 0.935. The minimum atomic E-state index is -0.426. The summed E-state index contributed by atoms with van der Waals surface area (Å²) in [6, 6.07) is 6.25. The van der Waals surface area contributed by atoms with Crippen LogP contribution in [0.4, 0.5) is 5.69 Å². The minimum absolute atomic E-state index is 0.0780. The lowest BCUT2D eigenvalue weighted by atomic mass is 10.2. The molecule has 2 rings (SSSR count). The summed E-state index contributed by atoms with van der Waals surface area (Å²) in [5.74, 6) is 0. The van der Waals surface area contributed by atoms with Gasteiger partial charge in [0.25, 0.3) is 5.69 Å². The lowest BCUT2D eigenvalue weighted by Gasteiger charge is -1.93. The largest absolute Gasteiger partial charge is 0.269 e. The van der Waals surface area contributed by atoms with Crippen LogP contribution < -0.4 is 0 Å². The second-order valence-electron chi connectivity index (χ2n) is 2.45. The quantitative estimate of drug-likeness (QED) is 0.382. The monoisotopic (exact) mass is 165 g/mol. The lowest BCUT2D eigenvalue weighted by Crippen LogP contribution is -1.87. The van der Waals surface area contributed by atoms with E-state index in [0.29, 0.717) is 0 Å². The van der Waals surface area contributed by atoms with Crippen LogP contribution in [0.25, 0.3) is 0 Å². The summed E-state index contributed by atoms with van der Waals surface area (Å²) in [5.41, 5.74) is 1.00. The first-order valence-electron chi connectivity index (χ1n) is 3.42. The van der Waals surface area contributed by atoms with Crippen molar-refractivity contribution in [2.24, 2.45) is 10.2 Å². The number of rotatable bonds is 2. The van der Waals surface area contributed by atoms with Crippen molar-refractivity contribution in [1.29, 1.82) is 0 Å². The van der Waals surface area contributed by atoms with E-state index >= 15 is 0 Å². The van der Waals surface area contributed by atoms with Crippen molar-refractivity contribution in [2.75, 3.05) is 0 Å². The third-order valence-electron chi connectivity index (χ3n) is 1.63. The Morgan fingerprint density at radius 2 is 1.83 bits per heavy atom. The zero-order chi connectivity index (χ0) is 8.55. The maximum absolute atomic E-state index is 10.3. The molecule has 1 aromatic carbocycles. The summed E-state index contributed by atoms with van der Waals surface area (Å²) in [6.45, 7) is 0. The number of hydrogen-bond acceptors (Lipinski definition) is 4. The number of nitro benzene ring substituents is 1. The van der Waals surface area contributed by atoms with E-state index < -0.39 is 4.92 Å². The molecule has 60 valence electrons. The second kappa shape index (κ2) is 2.37. The van der Waals surface area contributed by atoms with Gasteiger partial charge < -0.3 is 0 Å². The molecular weight excluding hydrogens is 160 g/mol. The summed E-state index contributed by atoms with van der Waals surface area (Å²) in [6.07, 6.45) is -0.0780. The SMILES string of the molecule is O=[N+]([O-])c1ccc(C2[15N]=[15N]2)cc1. The predicted molar refractivity (Wildman–Crippen MR) is 40.7 cm³/mol. The summed E-state index contributed by atoms with van der Waals surface area (Å²) in [5, 5.41) is 17.7. The molecule has 0 aromatic heterocycles. The van der Waals surface area contributed by atoms with Gasteiger partial charge in [0.2, 0.25) is 6.17 Å². The minimum Gasteiger partial charge on any atom is -0.258 e. The Bertz CT molecular complexity index is 338. The van der Waals surface area contributed by atoms with Crippen LogP contribution >= 0.6 is 0 Å². The van der Waals surface area contributed by atoms with Crippen LogP contribution in [0.2, 0.25) is 0 Å². The zero-order valence-electron chi connectivity index (χ0n) is 6.04. The van der Waals surface area contributed by atoms with E-state index in [0.717, 1.165) is 5.56 Å². The van der Waals surface area contributed by atoms with E-state index in [1.807, 2.05) is 0 Å². The van der Waals surface area contributed by atoms with Crippen molar-refractivity contribution in [3.8, 4) is 0 Å². The summed E-state index contributed by atoms with van der Waals surface area (Å²) in [7, 11) is 0. The Hall–Kier alpha value is -1.78. The van der Waals surface area contributed by atoms with Crippen molar-refractivity contribution >= 4 is 5.69 Å². The maximum Gasteiger partial charge on any atom is 0.269 e. The van der Waals surface area contributed by atoms with Gasteiger partial charge >= 0.3 is 0 Å². The molecule has 1 aliphatic rings. The fraction of sp³-hybridized carbons (Fsp3) is 0.143. The van der Waals surface area contributed by atoms with Crippen LogP contribution in [-0.2, 0) is 0 Å². The molecule has 0 saturated heterocycles. The van der Waals surface area contributed by atoms with E-state index in [1.165, 1.54) is 12.1 Å². The fourth-order valence-electron chi connectivity index (χ4n) is 0.935. The average molecular weight is 165 g/mol. The highest BCUT2D eigenvalue weighted by molar-refractivity contribution is 5.34. The van der Waals surface area contributed by atoms with Gasteiger partial charge in [0.15, 0.2) is 0 Å². The highest BCUT2D eigenvalue weighted by Gasteiger charge is 2.18. The van der Waals surface area contributed by atoms with Crippen molar-refractivity contribution in [3.63, 3.8) is 0 Å². The molecule has 0 atom stereocenters. The molecule has 0 bridgehead atoms. The molecule has 12 heavy (non-hydrogen) atoms. The van der Waals surface area contributed by atoms with Gasteiger partial charge in [-0.2, -0.15) is 10.2 Å². The molecule has 0 aliphatic carbocycles. The maximum atomic E-state index is 10.3. The molecule has 1 heterocycles. The normalized spacial score (nSPS) is 14.7. The first kappa shape index (κ1) is 6.90. The Labute approximate surface area is 67.9 Å². The van der Waals surface area contributed by atoms with Crippen molar-refractivity contribution in [1.82, 2.24) is 0 Å². The lowest BCUT2D eigenvalue weighted by molar-refractivity contribution is -0.384. The standard InChI is InChI=1S/C7H5N3O2/c11-10(12)6-3-1-5(2-4-6)7-8-9-7/h1-4,7H/i8+1,9+1. The molecular formula is C7H5N3O2. The van der Waals surface area contributed by atoms with E-state index in [1.54, 1.807) is 12.1 Å². The van der Waals surface area contributed by atoms with Gasteiger partial charge in [0, 0.05) is 17.7 Å². The van der Waals surface area contributed by atoms with Gasteiger partial charge in [-0.05, 0) is 12.1 Å². The van der Waals surface area contributed by atoms with E-state index in [4.69, 9.17) is 0 Å². The van der Waals surface area contributed by atoms with Crippen LogP contribution in [0.15, 0.2) is 34.5 Å². The van der Waals surface area contributed by atoms with Gasteiger partial charge in [-0.15, -0.1) is 0 Å². The number of nitrogens with zero attached hydrogens (tertiary/aromatic N) is 3. The molecule has 0 amide bonds. The molecule has 0 spiro atoms. The molecule has 5 heteroatoms. The summed E-state index contributed by atoms with van der Waals surface area (Å²) in [4.78, 5) is 9.83. The van der Waals surface area contributed by atoms with E-state index in [9.17, 15) is 10.1 Å². The molecule has 1 aromatic rings. The Balaban J connectivity index is 2.24. The van der Waals surface area contributed by atoms with Crippen LogP contribution in [0.3, 0.4) is 0 Å². The van der Waals surface area contributed by atoms with E-state index in [2.05, 4.69) is 10.2 Å². The molecule has 0 radical (unpaired) electrons. The highest BCUT2D eigenvalue weighted by atomic mass is 16.6. The second-order valence-corrected chi connectivity index (χ2v) is 2.45.